The van der Waals surface area contributed by atoms with Crippen LogP contribution in [0.3, 0.4) is 0 Å². The number of amides is 1. The lowest BCUT2D eigenvalue weighted by molar-refractivity contribution is -0.133. The lowest BCUT2D eigenvalue weighted by Gasteiger charge is -2.35. The van der Waals surface area contributed by atoms with Crippen molar-refractivity contribution in [1.29, 1.82) is 5.26 Å². The molecule has 1 fully saturated rings. The second kappa shape index (κ2) is 8.21. The average molecular weight is 352 g/mol. The van der Waals surface area contributed by atoms with E-state index >= 15 is 0 Å². The lowest BCUT2D eigenvalue weighted by atomic mass is 10.2. The number of aromatic nitrogens is 1. The number of anilines is 1. The Bertz CT molecular complexity index is 796. The Labute approximate surface area is 152 Å². The number of nitrogens with zero attached hydrogens (tertiary/aromatic N) is 4. The highest BCUT2D eigenvalue weighted by atomic mass is 16.5. The van der Waals surface area contributed by atoms with E-state index < -0.39 is 0 Å². The fourth-order valence-corrected chi connectivity index (χ4v) is 2.81. The van der Waals surface area contributed by atoms with E-state index in [1.165, 1.54) is 7.11 Å². The number of carbonyl (C=O) groups excluding carboxylic acids is 1. The van der Waals surface area contributed by atoms with Crippen molar-refractivity contribution in [3.8, 4) is 17.6 Å². The Balaban J connectivity index is 1.53. The number of benzene rings is 1. The zero-order chi connectivity index (χ0) is 18.4. The Hall–Kier alpha value is -3.27. The molecule has 3 rings (SSSR count). The summed E-state index contributed by atoms with van der Waals surface area (Å²) in [4.78, 5) is 20.7. The minimum Gasteiger partial charge on any atom is -0.493 e. The van der Waals surface area contributed by atoms with E-state index in [-0.39, 0.29) is 12.5 Å². The number of nitriles is 1. The van der Waals surface area contributed by atoms with Crippen molar-refractivity contribution in [3.05, 3.63) is 48.2 Å². The predicted octanol–water partition coefficient (Wildman–Crippen LogP) is 1.69. The molecule has 1 amide bonds. The van der Waals surface area contributed by atoms with Crippen LogP contribution in [-0.4, -0.2) is 55.7 Å². The van der Waals surface area contributed by atoms with Crippen molar-refractivity contribution in [3.63, 3.8) is 0 Å². The molecular formula is C19H20N4O3. The molecule has 7 nitrogen and oxygen atoms in total. The number of methoxy groups -OCH3 is 1. The number of hydrogen-bond donors (Lipinski definition) is 0. The third-order valence-corrected chi connectivity index (χ3v) is 4.25. The van der Waals surface area contributed by atoms with Gasteiger partial charge in [-0.15, -0.1) is 0 Å². The first-order valence-electron chi connectivity index (χ1n) is 8.36. The third kappa shape index (κ3) is 4.03. The van der Waals surface area contributed by atoms with Gasteiger partial charge < -0.3 is 19.3 Å². The fourth-order valence-electron chi connectivity index (χ4n) is 2.81. The number of pyridine rings is 1. The van der Waals surface area contributed by atoms with Gasteiger partial charge in [0.05, 0.1) is 18.7 Å². The molecule has 0 spiro atoms. The zero-order valence-corrected chi connectivity index (χ0v) is 14.6. The third-order valence-electron chi connectivity index (χ3n) is 4.25. The Kier molecular flexibility index (Phi) is 5.54. The van der Waals surface area contributed by atoms with Gasteiger partial charge in [-0.1, -0.05) is 6.07 Å². The van der Waals surface area contributed by atoms with Crippen LogP contribution in [0, 0.1) is 11.3 Å². The van der Waals surface area contributed by atoms with Crippen LogP contribution in [0.2, 0.25) is 0 Å². The van der Waals surface area contributed by atoms with Gasteiger partial charge in [0.1, 0.15) is 5.82 Å². The summed E-state index contributed by atoms with van der Waals surface area (Å²) in [5, 5.41) is 8.92. The Morgan fingerprint density at radius 3 is 2.65 bits per heavy atom. The van der Waals surface area contributed by atoms with Gasteiger partial charge in [-0.25, -0.2) is 4.98 Å². The molecule has 1 saturated heterocycles. The molecule has 1 aromatic heterocycles. The van der Waals surface area contributed by atoms with E-state index in [1.807, 2.05) is 24.3 Å². The van der Waals surface area contributed by atoms with Gasteiger partial charge in [-0.3, -0.25) is 4.79 Å². The van der Waals surface area contributed by atoms with Crippen LogP contribution in [0.1, 0.15) is 5.56 Å². The minimum atomic E-state index is -0.0721. The van der Waals surface area contributed by atoms with E-state index in [1.54, 1.807) is 29.3 Å². The predicted molar refractivity (Wildman–Crippen MR) is 96.2 cm³/mol. The Morgan fingerprint density at radius 1 is 1.19 bits per heavy atom. The van der Waals surface area contributed by atoms with Gasteiger partial charge in [0.15, 0.2) is 18.1 Å². The summed E-state index contributed by atoms with van der Waals surface area (Å²) in [6, 6.07) is 12.7. The molecule has 0 N–H and O–H groups in total. The molecule has 1 aromatic carbocycles. The minimum absolute atomic E-state index is 0.0636. The molecule has 0 unspecified atom stereocenters. The normalized spacial score (nSPS) is 13.8. The van der Waals surface area contributed by atoms with Crippen molar-refractivity contribution in [1.82, 2.24) is 9.88 Å². The molecule has 134 valence electrons. The molecule has 26 heavy (non-hydrogen) atoms. The highest BCUT2D eigenvalue weighted by Crippen LogP contribution is 2.27. The number of hydrogen-bond acceptors (Lipinski definition) is 6. The first-order valence-corrected chi connectivity index (χ1v) is 8.36. The molecular weight excluding hydrogens is 332 g/mol. The van der Waals surface area contributed by atoms with Crippen molar-refractivity contribution in [2.45, 2.75) is 0 Å². The molecule has 0 saturated carbocycles. The molecule has 0 bridgehead atoms. The highest BCUT2D eigenvalue weighted by molar-refractivity contribution is 5.78. The maximum atomic E-state index is 12.4. The van der Waals surface area contributed by atoms with Crippen LogP contribution < -0.4 is 14.4 Å². The van der Waals surface area contributed by atoms with Crippen LogP contribution >= 0.6 is 0 Å². The van der Waals surface area contributed by atoms with Crippen molar-refractivity contribution >= 4 is 11.7 Å². The van der Waals surface area contributed by atoms with E-state index in [9.17, 15) is 4.79 Å². The lowest BCUT2D eigenvalue weighted by Crippen LogP contribution is -2.50. The average Bonchev–Trinajstić information content (AvgIpc) is 2.72. The smallest absolute Gasteiger partial charge is 0.260 e. The molecule has 1 aliphatic heterocycles. The zero-order valence-electron chi connectivity index (χ0n) is 14.6. The summed E-state index contributed by atoms with van der Waals surface area (Å²) in [7, 11) is 1.50. The maximum Gasteiger partial charge on any atom is 0.260 e. The van der Waals surface area contributed by atoms with Crippen molar-refractivity contribution in [2.75, 3.05) is 44.8 Å². The number of piperazine rings is 1. The van der Waals surface area contributed by atoms with E-state index in [4.69, 9.17) is 14.7 Å². The largest absolute Gasteiger partial charge is 0.493 e. The van der Waals surface area contributed by atoms with Crippen LogP contribution in [0.4, 0.5) is 5.82 Å². The molecule has 0 aliphatic carbocycles. The molecule has 0 radical (unpaired) electrons. The first kappa shape index (κ1) is 17.5. The fraction of sp³-hybridized carbons (Fsp3) is 0.316. The molecule has 2 heterocycles. The van der Waals surface area contributed by atoms with Crippen LogP contribution in [0.15, 0.2) is 42.6 Å². The second-order valence-electron chi connectivity index (χ2n) is 5.82. The van der Waals surface area contributed by atoms with Gasteiger partial charge in [0.2, 0.25) is 0 Å². The SMILES string of the molecule is COc1cc(C#N)ccc1OCC(=O)N1CCN(c2ccccn2)CC1. The van der Waals surface area contributed by atoms with Gasteiger partial charge in [0, 0.05) is 38.4 Å². The molecule has 2 aromatic rings. The quantitative estimate of drug-likeness (QED) is 0.815. The topological polar surface area (TPSA) is 78.7 Å². The summed E-state index contributed by atoms with van der Waals surface area (Å²) < 4.78 is 10.8. The van der Waals surface area contributed by atoms with Gasteiger partial charge in [-0.05, 0) is 24.3 Å². The summed E-state index contributed by atoms with van der Waals surface area (Å²) in [6.07, 6.45) is 1.77. The molecule has 1 aliphatic rings. The summed E-state index contributed by atoms with van der Waals surface area (Å²) in [5.41, 5.74) is 0.478. The van der Waals surface area contributed by atoms with Gasteiger partial charge in [-0.2, -0.15) is 5.26 Å². The first-order chi connectivity index (χ1) is 12.7. The molecule has 7 heteroatoms. The van der Waals surface area contributed by atoms with Crippen LogP contribution in [-0.2, 0) is 4.79 Å². The van der Waals surface area contributed by atoms with E-state index in [2.05, 4.69) is 9.88 Å². The van der Waals surface area contributed by atoms with E-state index in [0.29, 0.717) is 30.2 Å². The van der Waals surface area contributed by atoms with Crippen LogP contribution in [0.5, 0.6) is 11.5 Å². The van der Waals surface area contributed by atoms with Gasteiger partial charge >= 0.3 is 0 Å². The Morgan fingerprint density at radius 2 is 2.00 bits per heavy atom. The number of ether oxygens (including phenoxy) is 2. The van der Waals surface area contributed by atoms with E-state index in [0.717, 1.165) is 18.9 Å². The summed E-state index contributed by atoms with van der Waals surface area (Å²) in [5.74, 6) is 1.75. The number of rotatable bonds is 5. The van der Waals surface area contributed by atoms with Crippen LogP contribution in [0.25, 0.3) is 0 Å². The standard InChI is InChI=1S/C19H20N4O3/c1-25-17-12-15(13-20)5-6-16(17)26-14-19(24)23-10-8-22(9-11-23)18-4-2-3-7-21-18/h2-7,12H,8-11,14H2,1H3. The van der Waals surface area contributed by atoms with Crippen molar-refractivity contribution in [2.24, 2.45) is 0 Å². The summed E-state index contributed by atoms with van der Waals surface area (Å²) >= 11 is 0. The monoisotopic (exact) mass is 352 g/mol. The molecule has 0 atom stereocenters. The second-order valence-corrected chi connectivity index (χ2v) is 5.82. The maximum absolute atomic E-state index is 12.4. The highest BCUT2D eigenvalue weighted by Gasteiger charge is 2.22. The van der Waals surface area contributed by atoms with Gasteiger partial charge in [0.25, 0.3) is 5.91 Å². The van der Waals surface area contributed by atoms with Crippen molar-refractivity contribution < 1.29 is 14.3 Å². The number of carbonyl (C=O) groups is 1. The summed E-state index contributed by atoms with van der Waals surface area (Å²) in [6.45, 7) is 2.67.